The number of phenolic OH excluding ortho intramolecular Hbond substituents is 1. The first kappa shape index (κ1) is 25.8. The number of likely N-dealkylation sites (tertiary alicyclic amines) is 1. The fourth-order valence-corrected chi connectivity index (χ4v) is 5.39. The van der Waals surface area contributed by atoms with E-state index in [1.165, 1.54) is 0 Å². The summed E-state index contributed by atoms with van der Waals surface area (Å²) in [5, 5.41) is 11.1. The van der Waals surface area contributed by atoms with E-state index in [-0.39, 0.29) is 11.3 Å². The summed E-state index contributed by atoms with van der Waals surface area (Å²) in [5.41, 5.74) is 2.76. The van der Waals surface area contributed by atoms with Gasteiger partial charge in [0.05, 0.1) is 6.61 Å². The number of rotatable bonds is 7. The van der Waals surface area contributed by atoms with Gasteiger partial charge in [0, 0.05) is 61.7 Å². The van der Waals surface area contributed by atoms with Gasteiger partial charge in [-0.05, 0) is 70.1 Å². The van der Waals surface area contributed by atoms with Crippen LogP contribution >= 0.6 is 11.6 Å². The van der Waals surface area contributed by atoms with Crippen LogP contribution in [0.15, 0.2) is 36.4 Å². The smallest absolute Gasteiger partial charge is 0.223 e. The number of ether oxygens (including phenoxy) is 1. The highest BCUT2D eigenvalue weighted by Crippen LogP contribution is 2.37. The number of aryl methyl sites for hydroxylation is 2. The van der Waals surface area contributed by atoms with E-state index in [4.69, 9.17) is 16.3 Å². The van der Waals surface area contributed by atoms with Gasteiger partial charge in [-0.3, -0.25) is 9.69 Å². The van der Waals surface area contributed by atoms with Gasteiger partial charge in [0.25, 0.3) is 0 Å². The molecule has 35 heavy (non-hydrogen) atoms. The van der Waals surface area contributed by atoms with Crippen LogP contribution in [0.2, 0.25) is 5.02 Å². The van der Waals surface area contributed by atoms with Crippen LogP contribution in [-0.2, 0) is 11.3 Å². The molecule has 0 bridgehead atoms. The highest BCUT2D eigenvalue weighted by molar-refractivity contribution is 6.31. The Morgan fingerprint density at radius 3 is 2.60 bits per heavy atom. The summed E-state index contributed by atoms with van der Waals surface area (Å²) in [6.07, 6.45) is 2.40. The van der Waals surface area contributed by atoms with E-state index >= 15 is 0 Å². The lowest BCUT2D eigenvalue weighted by molar-refractivity contribution is -0.137. The van der Waals surface area contributed by atoms with E-state index in [9.17, 15) is 9.90 Å². The molecule has 0 aliphatic carbocycles. The Morgan fingerprint density at radius 1 is 1.09 bits per heavy atom. The predicted molar refractivity (Wildman–Crippen MR) is 140 cm³/mol. The maximum Gasteiger partial charge on any atom is 0.223 e. The number of halogens is 1. The number of piperazine rings is 1. The predicted octanol–water partition coefficient (Wildman–Crippen LogP) is 4.49. The summed E-state index contributed by atoms with van der Waals surface area (Å²) in [4.78, 5) is 20.1. The molecule has 190 valence electrons. The minimum Gasteiger partial charge on any atom is -0.508 e. The quantitative estimate of drug-likeness (QED) is 0.608. The highest BCUT2D eigenvalue weighted by atomic mass is 35.5. The van der Waals surface area contributed by atoms with E-state index in [1.54, 1.807) is 6.07 Å². The van der Waals surface area contributed by atoms with Crippen molar-refractivity contribution in [2.24, 2.45) is 5.41 Å². The molecule has 2 aromatic carbocycles. The molecule has 0 aromatic heterocycles. The van der Waals surface area contributed by atoms with Crippen molar-refractivity contribution in [1.82, 2.24) is 14.7 Å². The number of carbonyl (C=O) groups excluding carboxylic acids is 1. The summed E-state index contributed by atoms with van der Waals surface area (Å²) in [7, 11) is 2.10. The van der Waals surface area contributed by atoms with Crippen molar-refractivity contribution in [2.45, 2.75) is 39.7 Å². The average molecular weight is 500 g/mol. The van der Waals surface area contributed by atoms with E-state index in [0.717, 1.165) is 79.6 Å². The third-order valence-electron chi connectivity index (χ3n) is 7.43. The van der Waals surface area contributed by atoms with Gasteiger partial charge >= 0.3 is 0 Å². The zero-order chi connectivity index (χ0) is 25.0. The van der Waals surface area contributed by atoms with Crippen LogP contribution < -0.4 is 4.74 Å². The van der Waals surface area contributed by atoms with Crippen LogP contribution in [0.3, 0.4) is 0 Å². The largest absolute Gasteiger partial charge is 0.508 e. The van der Waals surface area contributed by atoms with Crippen molar-refractivity contribution >= 4 is 17.5 Å². The number of nitrogens with zero attached hydrogens (tertiary/aromatic N) is 3. The maximum absolute atomic E-state index is 13.4. The molecule has 2 aliphatic heterocycles. The molecule has 2 saturated heterocycles. The fraction of sp³-hybridized carbons (Fsp3) is 0.536. The van der Waals surface area contributed by atoms with Gasteiger partial charge in [0.2, 0.25) is 5.91 Å². The summed E-state index contributed by atoms with van der Waals surface area (Å²) >= 11 is 6.21. The number of aromatic hydroxyl groups is 1. The van der Waals surface area contributed by atoms with Gasteiger partial charge in [-0.2, -0.15) is 0 Å². The number of likely N-dealkylation sites (N-methyl/N-ethyl adjacent to an activating group) is 1. The molecule has 2 fully saturated rings. The van der Waals surface area contributed by atoms with Crippen molar-refractivity contribution in [3.05, 3.63) is 58.1 Å². The first-order valence-corrected chi connectivity index (χ1v) is 13.0. The van der Waals surface area contributed by atoms with Crippen molar-refractivity contribution in [2.75, 3.05) is 52.9 Å². The Hall–Kier alpha value is -2.28. The lowest BCUT2D eigenvalue weighted by atomic mass is 9.77. The highest BCUT2D eigenvalue weighted by Gasteiger charge is 2.40. The Bertz CT molecular complexity index is 1040. The molecule has 2 aromatic rings. The van der Waals surface area contributed by atoms with Crippen molar-refractivity contribution in [1.29, 1.82) is 0 Å². The van der Waals surface area contributed by atoms with E-state index in [0.29, 0.717) is 25.3 Å². The molecule has 4 rings (SSSR count). The molecule has 0 saturated carbocycles. The molecule has 1 atom stereocenters. The van der Waals surface area contributed by atoms with Gasteiger partial charge in [-0.25, -0.2) is 0 Å². The molecule has 1 N–H and O–H groups in total. The number of hydrogen-bond acceptors (Lipinski definition) is 5. The average Bonchev–Trinajstić information content (AvgIpc) is 2.83. The Balaban J connectivity index is 1.51. The van der Waals surface area contributed by atoms with Crippen LogP contribution in [0.1, 0.15) is 36.0 Å². The van der Waals surface area contributed by atoms with Gasteiger partial charge in [-0.15, -0.1) is 0 Å². The van der Waals surface area contributed by atoms with Crippen molar-refractivity contribution in [3.63, 3.8) is 0 Å². The van der Waals surface area contributed by atoms with Crippen LogP contribution in [0.5, 0.6) is 11.5 Å². The second-order valence-electron chi connectivity index (χ2n) is 10.5. The number of benzene rings is 2. The van der Waals surface area contributed by atoms with Gasteiger partial charge in [-0.1, -0.05) is 29.3 Å². The minimum atomic E-state index is -0.286. The molecule has 0 radical (unpaired) electrons. The SMILES string of the molecule is Cc1ccc(O)c(CN2CCC[C@](COc3ccc(Cl)c(C)c3)(CC(=O)N3CCN(C)CC3)C2)c1. The molecule has 1 amide bonds. The maximum atomic E-state index is 13.4. The zero-order valence-corrected chi connectivity index (χ0v) is 22.0. The van der Waals surface area contributed by atoms with Crippen LogP contribution in [-0.4, -0.2) is 78.6 Å². The fourth-order valence-electron chi connectivity index (χ4n) is 5.27. The summed E-state index contributed by atoms with van der Waals surface area (Å²) < 4.78 is 6.32. The van der Waals surface area contributed by atoms with Crippen LogP contribution in [0, 0.1) is 19.3 Å². The Kier molecular flexibility index (Phi) is 8.25. The van der Waals surface area contributed by atoms with E-state index < -0.39 is 0 Å². The molecule has 7 heteroatoms. The molecule has 0 spiro atoms. The van der Waals surface area contributed by atoms with Gasteiger partial charge in [0.15, 0.2) is 0 Å². The molecular formula is C28H38ClN3O3. The molecule has 6 nitrogen and oxygen atoms in total. The van der Waals surface area contributed by atoms with Crippen LogP contribution in [0.4, 0.5) is 0 Å². The summed E-state index contributed by atoms with van der Waals surface area (Å²) in [5.74, 6) is 1.33. The Labute approximate surface area is 214 Å². The van der Waals surface area contributed by atoms with Crippen LogP contribution in [0.25, 0.3) is 0 Å². The normalized spacial score (nSPS) is 21.8. The zero-order valence-electron chi connectivity index (χ0n) is 21.2. The molecule has 0 unspecified atom stereocenters. The second kappa shape index (κ2) is 11.2. The first-order valence-electron chi connectivity index (χ1n) is 12.6. The number of piperidine rings is 1. The number of phenols is 1. The van der Waals surface area contributed by atoms with Gasteiger partial charge in [0.1, 0.15) is 11.5 Å². The second-order valence-corrected chi connectivity index (χ2v) is 10.9. The summed E-state index contributed by atoms with van der Waals surface area (Å²) in [6, 6.07) is 11.5. The number of carbonyl (C=O) groups is 1. The lowest BCUT2D eigenvalue weighted by Crippen LogP contribution is -2.52. The number of hydrogen-bond donors (Lipinski definition) is 1. The third kappa shape index (κ3) is 6.69. The van der Waals surface area contributed by atoms with E-state index in [2.05, 4.69) is 16.8 Å². The molecular weight excluding hydrogens is 462 g/mol. The lowest BCUT2D eigenvalue weighted by Gasteiger charge is -2.43. The third-order valence-corrected chi connectivity index (χ3v) is 7.85. The first-order chi connectivity index (χ1) is 16.7. The van der Waals surface area contributed by atoms with Crippen molar-refractivity contribution < 1.29 is 14.6 Å². The molecule has 2 aliphatic rings. The summed E-state index contributed by atoms with van der Waals surface area (Å²) in [6.45, 7) is 10.2. The van der Waals surface area contributed by atoms with E-state index in [1.807, 2.05) is 49.1 Å². The van der Waals surface area contributed by atoms with Crippen molar-refractivity contribution in [3.8, 4) is 11.5 Å². The standard InChI is InChI=1S/C28H38ClN3O3/c1-21-5-8-26(33)23(15-21)18-31-10-4-9-28(19-31,17-27(34)32-13-11-30(3)12-14-32)20-35-24-6-7-25(29)22(2)16-24/h5-8,15-16,33H,4,9-14,17-20H2,1-3H3/t28-/m0/s1. The topological polar surface area (TPSA) is 56.3 Å². The monoisotopic (exact) mass is 499 g/mol. The minimum absolute atomic E-state index is 0.217. The van der Waals surface area contributed by atoms with Gasteiger partial charge < -0.3 is 19.6 Å². The Morgan fingerprint density at radius 2 is 1.86 bits per heavy atom. The number of amides is 1. The molecule has 2 heterocycles.